The van der Waals surface area contributed by atoms with Crippen molar-refractivity contribution in [2.24, 2.45) is 0 Å². The molecule has 0 nitrogen and oxygen atoms in total. The molecule has 122 valence electrons. The number of allylic oxidation sites excluding steroid dienone is 1. The second-order valence-corrected chi connectivity index (χ2v) is 10.5. The number of benzene rings is 1. The van der Waals surface area contributed by atoms with Gasteiger partial charge >= 0.3 is 0 Å². The molecule has 0 N–H and O–H groups in total. The van der Waals surface area contributed by atoms with E-state index in [1.807, 2.05) is 0 Å². The molecule has 0 saturated heterocycles. The molecule has 2 aromatic rings. The van der Waals surface area contributed by atoms with Crippen molar-refractivity contribution in [1.82, 2.24) is 0 Å². The van der Waals surface area contributed by atoms with E-state index in [2.05, 4.69) is 87.0 Å². The third-order valence-electron chi connectivity index (χ3n) is 5.22. The second-order valence-electron chi connectivity index (χ2n) is 8.00. The van der Waals surface area contributed by atoms with Crippen LogP contribution in [0.2, 0.25) is 0 Å². The third kappa shape index (κ3) is 3.34. The van der Waals surface area contributed by atoms with E-state index in [1.165, 1.54) is 43.8 Å². The average Bonchev–Trinajstić information content (AvgIpc) is 2.91. The Morgan fingerprint density at radius 3 is 2.26 bits per heavy atom. The molecule has 3 rings (SSSR count). The molecule has 0 fully saturated rings. The lowest BCUT2D eigenvalue weighted by Crippen LogP contribution is -2.33. The number of fused-ring (bicyclic) bond motifs is 1. The molecule has 1 heterocycles. The van der Waals surface area contributed by atoms with Gasteiger partial charge in [-0.3, -0.25) is 0 Å². The number of hydrogen-bond donors (Lipinski definition) is 0. The molecule has 0 unspecified atom stereocenters. The van der Waals surface area contributed by atoms with Crippen LogP contribution in [0.3, 0.4) is 0 Å². The van der Waals surface area contributed by atoms with Crippen LogP contribution in [0, 0.1) is 0 Å². The summed E-state index contributed by atoms with van der Waals surface area (Å²) >= 11 is 5.35. The molecule has 0 saturated carbocycles. The van der Waals surface area contributed by atoms with Crippen LogP contribution in [0.4, 0.5) is 0 Å². The van der Waals surface area contributed by atoms with Crippen LogP contribution in [0.5, 0.6) is 0 Å². The molecule has 1 aromatic carbocycles. The number of halogens is 1. The van der Waals surface area contributed by atoms with Crippen molar-refractivity contribution in [3.63, 3.8) is 0 Å². The fourth-order valence-electron chi connectivity index (χ4n) is 3.54. The molecule has 23 heavy (non-hydrogen) atoms. The monoisotopic (exact) mass is 388 g/mol. The predicted molar refractivity (Wildman–Crippen MR) is 107 cm³/mol. The van der Waals surface area contributed by atoms with E-state index < -0.39 is 0 Å². The van der Waals surface area contributed by atoms with Gasteiger partial charge in [0, 0.05) is 4.88 Å². The van der Waals surface area contributed by atoms with E-state index >= 15 is 0 Å². The number of thiophene rings is 1. The Morgan fingerprint density at radius 2 is 1.65 bits per heavy atom. The molecule has 0 atom stereocenters. The third-order valence-corrected chi connectivity index (χ3v) is 6.98. The SMILES string of the molecule is C/C(=C/c1ccc2c(c1)C(C)(C)CCC2(C)C)c1ccc(Br)s1. The van der Waals surface area contributed by atoms with E-state index in [0.29, 0.717) is 5.41 Å². The van der Waals surface area contributed by atoms with E-state index in [-0.39, 0.29) is 5.41 Å². The summed E-state index contributed by atoms with van der Waals surface area (Å²) in [6.45, 7) is 11.7. The van der Waals surface area contributed by atoms with Crippen molar-refractivity contribution in [2.45, 2.75) is 58.3 Å². The molecule has 1 aliphatic carbocycles. The first-order valence-corrected chi connectivity index (χ1v) is 9.89. The molecule has 0 amide bonds. The van der Waals surface area contributed by atoms with Crippen molar-refractivity contribution in [3.8, 4) is 0 Å². The van der Waals surface area contributed by atoms with Gasteiger partial charge < -0.3 is 0 Å². The van der Waals surface area contributed by atoms with E-state index in [1.54, 1.807) is 11.3 Å². The van der Waals surface area contributed by atoms with Crippen molar-refractivity contribution in [3.05, 3.63) is 55.7 Å². The van der Waals surface area contributed by atoms with E-state index in [4.69, 9.17) is 0 Å². The smallest absolute Gasteiger partial charge is 0.0704 e. The summed E-state index contributed by atoms with van der Waals surface area (Å²) in [5.41, 5.74) is 6.27. The van der Waals surface area contributed by atoms with Gasteiger partial charge in [-0.15, -0.1) is 11.3 Å². The molecule has 0 radical (unpaired) electrons. The van der Waals surface area contributed by atoms with Gasteiger partial charge in [0.25, 0.3) is 0 Å². The van der Waals surface area contributed by atoms with Gasteiger partial charge in [-0.1, -0.05) is 52.0 Å². The normalized spacial score (nSPS) is 19.5. The van der Waals surface area contributed by atoms with E-state index in [9.17, 15) is 0 Å². The molecular formula is C21H25BrS. The molecular weight excluding hydrogens is 364 g/mol. The Balaban J connectivity index is 2.03. The summed E-state index contributed by atoms with van der Waals surface area (Å²) < 4.78 is 1.19. The highest BCUT2D eigenvalue weighted by molar-refractivity contribution is 9.11. The van der Waals surface area contributed by atoms with Crippen LogP contribution in [0.15, 0.2) is 34.1 Å². The Hall–Kier alpha value is -0.860. The summed E-state index contributed by atoms with van der Waals surface area (Å²) in [5, 5.41) is 0. The second kappa shape index (κ2) is 5.89. The maximum atomic E-state index is 3.55. The van der Waals surface area contributed by atoms with Crippen molar-refractivity contribution < 1.29 is 0 Å². The van der Waals surface area contributed by atoms with Crippen molar-refractivity contribution in [2.75, 3.05) is 0 Å². The lowest BCUT2D eigenvalue weighted by atomic mass is 9.63. The van der Waals surface area contributed by atoms with Gasteiger partial charge in [-0.05, 0) is 80.9 Å². The first-order chi connectivity index (χ1) is 10.7. The molecule has 1 aliphatic rings. The fraction of sp³-hybridized carbons (Fsp3) is 0.429. The van der Waals surface area contributed by atoms with Gasteiger partial charge in [0.05, 0.1) is 3.79 Å². The minimum Gasteiger partial charge on any atom is -0.129 e. The molecule has 1 aromatic heterocycles. The zero-order valence-corrected chi connectivity index (χ0v) is 17.1. The molecule has 2 heteroatoms. The summed E-state index contributed by atoms with van der Waals surface area (Å²) in [5.74, 6) is 0. The highest BCUT2D eigenvalue weighted by atomic mass is 79.9. The highest BCUT2D eigenvalue weighted by Crippen LogP contribution is 2.46. The standard InChI is InChI=1S/C21H25BrS/c1-14(18-8-9-19(22)23-18)12-15-6-7-16-17(13-15)21(4,5)11-10-20(16,2)3/h6-9,12-13H,10-11H2,1-5H3/b14-12-. The van der Waals surface area contributed by atoms with Crippen LogP contribution in [-0.2, 0) is 10.8 Å². The zero-order valence-electron chi connectivity index (χ0n) is 14.7. The van der Waals surface area contributed by atoms with Crippen LogP contribution < -0.4 is 0 Å². The lowest BCUT2D eigenvalue weighted by molar-refractivity contribution is 0.332. The Labute approximate surface area is 152 Å². The predicted octanol–water partition coefficient (Wildman–Crippen LogP) is 7.42. The summed E-state index contributed by atoms with van der Waals surface area (Å²) in [7, 11) is 0. The van der Waals surface area contributed by atoms with Crippen molar-refractivity contribution >= 4 is 38.9 Å². The first kappa shape index (κ1) is 17.0. The Morgan fingerprint density at radius 1 is 1.00 bits per heavy atom. The van der Waals surface area contributed by atoms with Crippen LogP contribution in [-0.4, -0.2) is 0 Å². The van der Waals surface area contributed by atoms with Crippen LogP contribution >= 0.6 is 27.3 Å². The number of rotatable bonds is 2. The molecule has 0 spiro atoms. The van der Waals surface area contributed by atoms with Gasteiger partial charge in [-0.25, -0.2) is 0 Å². The Kier molecular flexibility index (Phi) is 4.35. The summed E-state index contributed by atoms with van der Waals surface area (Å²) in [6.07, 6.45) is 4.84. The van der Waals surface area contributed by atoms with Gasteiger partial charge in [0.15, 0.2) is 0 Å². The summed E-state index contributed by atoms with van der Waals surface area (Å²) in [6, 6.07) is 11.4. The van der Waals surface area contributed by atoms with Crippen molar-refractivity contribution in [1.29, 1.82) is 0 Å². The number of hydrogen-bond acceptors (Lipinski definition) is 1. The topological polar surface area (TPSA) is 0 Å². The maximum Gasteiger partial charge on any atom is 0.0704 e. The van der Waals surface area contributed by atoms with Gasteiger partial charge in [0.2, 0.25) is 0 Å². The Bertz CT molecular complexity index is 762. The maximum absolute atomic E-state index is 3.55. The minimum atomic E-state index is 0.272. The minimum absolute atomic E-state index is 0.272. The first-order valence-electron chi connectivity index (χ1n) is 8.28. The quantitative estimate of drug-likeness (QED) is 0.501. The van der Waals surface area contributed by atoms with Gasteiger partial charge in [-0.2, -0.15) is 0 Å². The molecule has 0 aliphatic heterocycles. The lowest BCUT2D eigenvalue weighted by Gasteiger charge is -2.42. The van der Waals surface area contributed by atoms with E-state index in [0.717, 1.165) is 0 Å². The largest absolute Gasteiger partial charge is 0.129 e. The zero-order chi connectivity index (χ0) is 16.8. The molecule has 0 bridgehead atoms. The van der Waals surface area contributed by atoms with Crippen LogP contribution in [0.25, 0.3) is 11.6 Å². The van der Waals surface area contributed by atoms with Crippen LogP contribution in [0.1, 0.15) is 69.0 Å². The fourth-order valence-corrected chi connectivity index (χ4v) is 4.90. The van der Waals surface area contributed by atoms with Gasteiger partial charge in [0.1, 0.15) is 0 Å². The average molecular weight is 389 g/mol. The highest BCUT2D eigenvalue weighted by Gasteiger charge is 2.36. The summed E-state index contributed by atoms with van der Waals surface area (Å²) in [4.78, 5) is 1.33.